The molecule has 2 amide bonds. The van der Waals surface area contributed by atoms with Crippen molar-refractivity contribution in [1.82, 2.24) is 10.6 Å². The molecule has 0 bridgehead atoms. The fourth-order valence-corrected chi connectivity index (χ4v) is 2.76. The average Bonchev–Trinajstić information content (AvgIpc) is 2.77. The first-order valence-electron chi connectivity index (χ1n) is 9.53. The molecule has 0 radical (unpaired) electrons. The summed E-state index contributed by atoms with van der Waals surface area (Å²) < 4.78 is 9.95. The Labute approximate surface area is 176 Å². The van der Waals surface area contributed by atoms with Crippen LogP contribution < -0.4 is 10.6 Å². The van der Waals surface area contributed by atoms with E-state index in [1.54, 1.807) is 0 Å². The molecular formula is C23H26N2O5. The van der Waals surface area contributed by atoms with Gasteiger partial charge in [0.15, 0.2) is 0 Å². The number of hydrogen-bond acceptors (Lipinski definition) is 5. The fourth-order valence-electron chi connectivity index (χ4n) is 2.76. The number of nitrogens with one attached hydrogen (secondary N) is 2. The lowest BCUT2D eigenvalue weighted by molar-refractivity contribution is -0.145. The molecule has 158 valence electrons. The fraction of sp³-hybridized carbons (Fsp3) is 0.261. The minimum Gasteiger partial charge on any atom is -0.467 e. The van der Waals surface area contributed by atoms with Crippen LogP contribution in [-0.4, -0.2) is 37.2 Å². The van der Waals surface area contributed by atoms with Crippen molar-refractivity contribution in [3.05, 3.63) is 84.4 Å². The Morgan fingerprint density at radius 3 is 2.10 bits per heavy atom. The maximum atomic E-state index is 12.8. The van der Waals surface area contributed by atoms with Gasteiger partial charge in [0, 0.05) is 6.42 Å². The van der Waals surface area contributed by atoms with Crippen molar-refractivity contribution in [1.29, 1.82) is 0 Å². The van der Waals surface area contributed by atoms with Gasteiger partial charge in [-0.3, -0.25) is 4.79 Å². The predicted molar refractivity (Wildman–Crippen MR) is 112 cm³/mol. The molecule has 30 heavy (non-hydrogen) atoms. The number of methoxy groups -OCH3 is 1. The molecule has 2 rings (SSSR count). The van der Waals surface area contributed by atoms with Gasteiger partial charge in [-0.1, -0.05) is 66.7 Å². The summed E-state index contributed by atoms with van der Waals surface area (Å²) >= 11 is 0. The first-order valence-corrected chi connectivity index (χ1v) is 9.53. The number of hydrogen-bond donors (Lipinski definition) is 2. The molecule has 2 aromatic carbocycles. The SMILES string of the molecule is C=CCC(NC(=O)[C@H](Cc1ccccc1)NC(=O)OCc1ccccc1)C(=O)OC. The number of rotatable bonds is 10. The minimum absolute atomic E-state index is 0.0770. The molecule has 0 aliphatic carbocycles. The van der Waals surface area contributed by atoms with E-state index in [-0.39, 0.29) is 19.4 Å². The molecule has 7 nitrogen and oxygen atoms in total. The minimum atomic E-state index is -0.937. The third-order valence-corrected chi connectivity index (χ3v) is 4.31. The summed E-state index contributed by atoms with van der Waals surface area (Å²) in [4.78, 5) is 37.0. The van der Waals surface area contributed by atoms with E-state index in [4.69, 9.17) is 9.47 Å². The van der Waals surface area contributed by atoms with Crippen LogP contribution in [0.5, 0.6) is 0 Å². The monoisotopic (exact) mass is 410 g/mol. The van der Waals surface area contributed by atoms with Crippen molar-refractivity contribution in [3.8, 4) is 0 Å². The van der Waals surface area contributed by atoms with E-state index in [2.05, 4.69) is 17.2 Å². The number of amides is 2. The van der Waals surface area contributed by atoms with Crippen LogP contribution in [-0.2, 0) is 32.1 Å². The highest BCUT2D eigenvalue weighted by Gasteiger charge is 2.27. The Balaban J connectivity index is 2.06. The zero-order chi connectivity index (χ0) is 21.8. The first-order chi connectivity index (χ1) is 14.5. The summed E-state index contributed by atoms with van der Waals surface area (Å²) in [5, 5.41) is 5.20. The second kappa shape index (κ2) is 12.1. The largest absolute Gasteiger partial charge is 0.467 e. The predicted octanol–water partition coefficient (Wildman–Crippen LogP) is 2.76. The Bertz CT molecular complexity index is 839. The summed E-state index contributed by atoms with van der Waals surface area (Å²) in [6.45, 7) is 3.67. The number of carbonyl (C=O) groups is 3. The van der Waals surface area contributed by atoms with E-state index in [1.165, 1.54) is 13.2 Å². The van der Waals surface area contributed by atoms with Crippen LogP contribution in [0.2, 0.25) is 0 Å². The Morgan fingerprint density at radius 2 is 1.53 bits per heavy atom. The third-order valence-electron chi connectivity index (χ3n) is 4.31. The van der Waals surface area contributed by atoms with E-state index in [0.717, 1.165) is 11.1 Å². The lowest BCUT2D eigenvalue weighted by Crippen LogP contribution is -2.52. The Hall–Kier alpha value is -3.61. The maximum absolute atomic E-state index is 12.8. The number of carbonyl (C=O) groups excluding carboxylic acids is 3. The van der Waals surface area contributed by atoms with Gasteiger partial charge in [0.2, 0.25) is 5.91 Å². The van der Waals surface area contributed by atoms with E-state index >= 15 is 0 Å². The molecule has 0 aliphatic rings. The highest BCUT2D eigenvalue weighted by atomic mass is 16.5. The van der Waals surface area contributed by atoms with Crippen LogP contribution in [0.25, 0.3) is 0 Å². The summed E-state index contributed by atoms with van der Waals surface area (Å²) in [7, 11) is 1.24. The van der Waals surface area contributed by atoms with E-state index < -0.39 is 30.1 Å². The molecule has 2 aromatic rings. The van der Waals surface area contributed by atoms with Crippen molar-refractivity contribution in [3.63, 3.8) is 0 Å². The zero-order valence-electron chi connectivity index (χ0n) is 16.9. The topological polar surface area (TPSA) is 93.7 Å². The lowest BCUT2D eigenvalue weighted by atomic mass is 10.0. The van der Waals surface area contributed by atoms with Gasteiger partial charge in [-0.2, -0.15) is 0 Å². The Morgan fingerprint density at radius 1 is 0.933 bits per heavy atom. The first kappa shape index (κ1) is 22.7. The second-order valence-electron chi connectivity index (χ2n) is 6.56. The quantitative estimate of drug-likeness (QED) is 0.464. The molecule has 2 N–H and O–H groups in total. The molecule has 0 heterocycles. The number of ether oxygens (including phenoxy) is 2. The van der Waals surface area contributed by atoms with Gasteiger partial charge in [0.1, 0.15) is 18.7 Å². The second-order valence-corrected chi connectivity index (χ2v) is 6.56. The number of alkyl carbamates (subject to hydrolysis) is 1. The molecular weight excluding hydrogens is 384 g/mol. The van der Waals surface area contributed by atoms with Gasteiger partial charge in [-0.25, -0.2) is 9.59 Å². The van der Waals surface area contributed by atoms with Gasteiger partial charge in [0.25, 0.3) is 0 Å². The summed E-state index contributed by atoms with van der Waals surface area (Å²) in [5.74, 6) is -1.11. The molecule has 1 unspecified atom stereocenters. The summed E-state index contributed by atoms with van der Waals surface area (Å²) in [5.41, 5.74) is 1.67. The molecule has 0 aromatic heterocycles. The molecule has 2 atom stereocenters. The van der Waals surface area contributed by atoms with Gasteiger partial charge in [-0.15, -0.1) is 6.58 Å². The van der Waals surface area contributed by atoms with Crippen molar-refractivity contribution in [2.75, 3.05) is 7.11 Å². The van der Waals surface area contributed by atoms with Gasteiger partial charge in [-0.05, 0) is 17.5 Å². The van der Waals surface area contributed by atoms with Crippen molar-refractivity contribution in [2.45, 2.75) is 31.5 Å². The van der Waals surface area contributed by atoms with E-state index in [1.807, 2.05) is 60.7 Å². The van der Waals surface area contributed by atoms with Gasteiger partial charge in [0.05, 0.1) is 7.11 Å². The van der Waals surface area contributed by atoms with Crippen LogP contribution >= 0.6 is 0 Å². The van der Waals surface area contributed by atoms with Crippen molar-refractivity contribution < 1.29 is 23.9 Å². The van der Waals surface area contributed by atoms with E-state index in [0.29, 0.717) is 0 Å². The van der Waals surface area contributed by atoms with Crippen LogP contribution in [0.15, 0.2) is 73.3 Å². The summed E-state index contributed by atoms with van der Waals surface area (Å²) in [6, 6.07) is 16.6. The lowest BCUT2D eigenvalue weighted by Gasteiger charge is -2.21. The highest BCUT2D eigenvalue weighted by Crippen LogP contribution is 2.07. The van der Waals surface area contributed by atoms with Gasteiger partial charge >= 0.3 is 12.1 Å². The Kier molecular flexibility index (Phi) is 9.12. The van der Waals surface area contributed by atoms with Crippen LogP contribution in [0.4, 0.5) is 4.79 Å². The summed E-state index contributed by atoms with van der Waals surface area (Å²) in [6.07, 6.45) is 1.22. The third kappa shape index (κ3) is 7.43. The molecule has 0 aliphatic heterocycles. The van der Waals surface area contributed by atoms with Crippen molar-refractivity contribution in [2.24, 2.45) is 0 Å². The van der Waals surface area contributed by atoms with Crippen LogP contribution in [0.3, 0.4) is 0 Å². The normalized spacial score (nSPS) is 12.2. The van der Waals surface area contributed by atoms with E-state index in [9.17, 15) is 14.4 Å². The standard InChI is InChI=1S/C23H26N2O5/c1-3-10-19(22(27)29-2)24-21(26)20(15-17-11-6-4-7-12-17)25-23(28)30-16-18-13-8-5-9-14-18/h3-9,11-14,19-20H,1,10,15-16H2,2H3,(H,24,26)(H,25,28)/t19?,20-/m0/s1. The zero-order valence-corrected chi connectivity index (χ0v) is 16.9. The smallest absolute Gasteiger partial charge is 0.408 e. The highest BCUT2D eigenvalue weighted by molar-refractivity contribution is 5.90. The molecule has 0 fully saturated rings. The van der Waals surface area contributed by atoms with Crippen LogP contribution in [0.1, 0.15) is 17.5 Å². The number of benzene rings is 2. The molecule has 0 saturated heterocycles. The molecule has 7 heteroatoms. The molecule has 0 spiro atoms. The van der Waals surface area contributed by atoms with Gasteiger partial charge < -0.3 is 20.1 Å². The average molecular weight is 410 g/mol. The van der Waals surface area contributed by atoms with Crippen LogP contribution in [0, 0.1) is 0 Å². The molecule has 0 saturated carbocycles. The number of esters is 1. The van der Waals surface area contributed by atoms with Crippen molar-refractivity contribution >= 4 is 18.0 Å². The maximum Gasteiger partial charge on any atom is 0.408 e.